The van der Waals surface area contributed by atoms with Crippen LogP contribution in [0, 0.1) is 0 Å². The number of ether oxygens (including phenoxy) is 1. The van der Waals surface area contributed by atoms with Crippen molar-refractivity contribution in [3.63, 3.8) is 0 Å². The van der Waals surface area contributed by atoms with E-state index in [0.717, 1.165) is 57.8 Å². The van der Waals surface area contributed by atoms with Crippen LogP contribution in [0.3, 0.4) is 0 Å². The van der Waals surface area contributed by atoms with Crippen LogP contribution in [-0.4, -0.2) is 74.3 Å². The molecule has 3 unspecified atom stereocenters. The van der Waals surface area contributed by atoms with Gasteiger partial charge in [-0.1, -0.05) is 321 Å². The number of quaternary nitrogens is 1. The standard InChI is InChI=1S/C75H145N2O7P/c1-7-10-13-16-19-22-25-28-30-32-34-35-36-37-38-39-40-41-43-45-47-50-53-56-59-62-65-68-75(79)84-73(66-63-60-57-54-51-48-27-24-21-18-15-12-9-3)72(71-83-85(80,81)82-70-69-77(4,5)6)76-74(78)67-64-61-58-55-52-49-46-44-42-33-31-29-26-23-20-17-14-11-8-2/h28-31,63,66,72-73H,7-27,32-62,64-65,67-71H2,1-6H3,(H-,76,78,80,81)/p+1/b30-28+,31-29+,66-63-. The summed E-state index contributed by atoms with van der Waals surface area (Å²) in [6, 6.07) is -0.847. The number of carbonyl (C=O) groups is 2. The van der Waals surface area contributed by atoms with Gasteiger partial charge in [0.05, 0.1) is 33.8 Å². The summed E-state index contributed by atoms with van der Waals surface area (Å²) < 4.78 is 30.9. The van der Waals surface area contributed by atoms with Crippen molar-refractivity contribution < 1.29 is 37.3 Å². The minimum Gasteiger partial charge on any atom is -0.456 e. The van der Waals surface area contributed by atoms with Crippen LogP contribution in [0.25, 0.3) is 0 Å². The van der Waals surface area contributed by atoms with Crippen LogP contribution >= 0.6 is 7.82 Å². The number of amides is 1. The molecular weight excluding hydrogens is 1070 g/mol. The third kappa shape index (κ3) is 66.5. The predicted molar refractivity (Wildman–Crippen MR) is 369 cm³/mol. The van der Waals surface area contributed by atoms with E-state index >= 15 is 0 Å². The number of unbranched alkanes of at least 4 members (excludes halogenated alkanes) is 49. The summed E-state index contributed by atoms with van der Waals surface area (Å²) >= 11 is 0. The van der Waals surface area contributed by atoms with Gasteiger partial charge in [0.25, 0.3) is 0 Å². The number of allylic oxidation sites excluding steroid dienone is 5. The van der Waals surface area contributed by atoms with Gasteiger partial charge in [0, 0.05) is 12.8 Å². The van der Waals surface area contributed by atoms with Gasteiger partial charge in [0.1, 0.15) is 19.3 Å². The fourth-order valence-corrected chi connectivity index (χ4v) is 12.0. The molecule has 2 N–H and O–H groups in total. The number of hydrogen-bond acceptors (Lipinski definition) is 6. The monoisotopic (exact) mass is 1220 g/mol. The lowest BCUT2D eigenvalue weighted by molar-refractivity contribution is -0.870. The Bertz CT molecular complexity index is 1550. The topological polar surface area (TPSA) is 111 Å². The van der Waals surface area contributed by atoms with Gasteiger partial charge < -0.3 is 19.4 Å². The average molecular weight is 1220 g/mol. The Morgan fingerprint density at radius 3 is 1.00 bits per heavy atom. The zero-order valence-electron chi connectivity index (χ0n) is 57.6. The number of rotatable bonds is 69. The van der Waals surface area contributed by atoms with E-state index in [1.54, 1.807) is 0 Å². The van der Waals surface area contributed by atoms with E-state index in [4.69, 9.17) is 13.8 Å². The van der Waals surface area contributed by atoms with Crippen LogP contribution in [0.1, 0.15) is 380 Å². The highest BCUT2D eigenvalue weighted by molar-refractivity contribution is 7.47. The molecule has 0 aromatic rings. The molecule has 3 atom stereocenters. The lowest BCUT2D eigenvalue weighted by atomic mass is 10.0. The van der Waals surface area contributed by atoms with E-state index in [2.05, 4.69) is 56.5 Å². The Morgan fingerprint density at radius 1 is 0.400 bits per heavy atom. The Morgan fingerprint density at radius 2 is 0.682 bits per heavy atom. The largest absolute Gasteiger partial charge is 0.472 e. The number of phosphoric acid groups is 1. The highest BCUT2D eigenvalue weighted by Crippen LogP contribution is 2.43. The lowest BCUT2D eigenvalue weighted by Gasteiger charge is -2.27. The number of carbonyl (C=O) groups excluding carboxylic acids is 2. The number of nitrogens with one attached hydrogen (secondary N) is 1. The molecule has 0 aromatic carbocycles. The SMILES string of the molecule is CCCCCCCC/C=C/CCCCCCCCCCCCCCCCCCCC(=O)OC(/C=C\CCCCCCCCCCCCC)C(COP(=O)(O)OCC[N+](C)(C)C)NC(=O)CCCCCCCCCCC/C=C/CCCCCCCC. The molecule has 0 aromatic heterocycles. The molecular formula is C75H146N2O7P+. The maximum absolute atomic E-state index is 13.6. The van der Waals surface area contributed by atoms with Crippen molar-refractivity contribution in [2.75, 3.05) is 40.9 Å². The molecule has 85 heavy (non-hydrogen) atoms. The molecule has 10 heteroatoms. The normalized spacial score (nSPS) is 13.6. The number of phosphoric ester groups is 1. The third-order valence-electron chi connectivity index (χ3n) is 17.1. The molecule has 0 heterocycles. The molecule has 0 fully saturated rings. The van der Waals surface area contributed by atoms with Crippen molar-refractivity contribution in [3.8, 4) is 0 Å². The molecule has 0 rings (SSSR count). The molecule has 0 radical (unpaired) electrons. The van der Waals surface area contributed by atoms with E-state index in [9.17, 15) is 19.0 Å². The number of esters is 1. The Kier molecular flexibility index (Phi) is 63.8. The minimum atomic E-state index is -4.45. The average Bonchev–Trinajstić information content (AvgIpc) is 3.50. The summed E-state index contributed by atoms with van der Waals surface area (Å²) in [5.41, 5.74) is 0. The summed E-state index contributed by atoms with van der Waals surface area (Å²) in [6.07, 6.45) is 81.6. The summed E-state index contributed by atoms with van der Waals surface area (Å²) in [5, 5.41) is 3.08. The Labute approximate surface area is 529 Å². The van der Waals surface area contributed by atoms with E-state index in [-0.39, 0.29) is 25.1 Å². The van der Waals surface area contributed by atoms with Crippen LogP contribution < -0.4 is 5.32 Å². The van der Waals surface area contributed by atoms with Gasteiger partial charge in [0.15, 0.2) is 0 Å². The van der Waals surface area contributed by atoms with Gasteiger partial charge >= 0.3 is 13.8 Å². The van der Waals surface area contributed by atoms with Crippen molar-refractivity contribution in [2.24, 2.45) is 0 Å². The third-order valence-corrected chi connectivity index (χ3v) is 18.0. The fraction of sp³-hybridized carbons (Fsp3) is 0.893. The fourth-order valence-electron chi connectivity index (χ4n) is 11.3. The molecule has 0 aliphatic rings. The van der Waals surface area contributed by atoms with Crippen LogP contribution in [0.4, 0.5) is 0 Å². The molecule has 9 nitrogen and oxygen atoms in total. The zero-order valence-corrected chi connectivity index (χ0v) is 58.5. The highest BCUT2D eigenvalue weighted by atomic mass is 31.2. The highest BCUT2D eigenvalue weighted by Gasteiger charge is 2.30. The number of hydrogen-bond donors (Lipinski definition) is 2. The van der Waals surface area contributed by atoms with Crippen molar-refractivity contribution in [3.05, 3.63) is 36.5 Å². The first-order valence-corrected chi connectivity index (χ1v) is 38.8. The first-order chi connectivity index (χ1) is 41.4. The second-order valence-electron chi connectivity index (χ2n) is 26.8. The van der Waals surface area contributed by atoms with Gasteiger partial charge in [0.2, 0.25) is 5.91 Å². The first-order valence-electron chi connectivity index (χ1n) is 37.3. The smallest absolute Gasteiger partial charge is 0.456 e. The summed E-state index contributed by atoms with van der Waals surface area (Å²) in [5.74, 6) is -0.486. The van der Waals surface area contributed by atoms with E-state index in [1.165, 1.54) is 289 Å². The summed E-state index contributed by atoms with van der Waals surface area (Å²) in [6.45, 7) is 7.07. The second kappa shape index (κ2) is 65.2. The van der Waals surface area contributed by atoms with Gasteiger partial charge in [-0.05, 0) is 83.1 Å². The molecule has 0 saturated heterocycles. The molecule has 1 amide bonds. The quantitative estimate of drug-likeness (QED) is 0.0205. The van der Waals surface area contributed by atoms with E-state index < -0.39 is 20.0 Å². The van der Waals surface area contributed by atoms with Crippen molar-refractivity contribution >= 4 is 19.7 Å². The van der Waals surface area contributed by atoms with Gasteiger partial charge in [-0.3, -0.25) is 18.6 Å². The van der Waals surface area contributed by atoms with Crippen LogP contribution in [0.2, 0.25) is 0 Å². The van der Waals surface area contributed by atoms with Crippen molar-refractivity contribution in [2.45, 2.75) is 392 Å². The van der Waals surface area contributed by atoms with Crippen molar-refractivity contribution in [1.82, 2.24) is 5.32 Å². The first kappa shape index (κ1) is 83.2. The number of nitrogens with zero attached hydrogens (tertiary/aromatic N) is 1. The van der Waals surface area contributed by atoms with Crippen LogP contribution in [0.5, 0.6) is 0 Å². The lowest BCUT2D eigenvalue weighted by Crippen LogP contribution is -2.47. The predicted octanol–water partition coefficient (Wildman–Crippen LogP) is 23.8. The summed E-state index contributed by atoms with van der Waals surface area (Å²) in [4.78, 5) is 38.0. The molecule has 0 aliphatic heterocycles. The van der Waals surface area contributed by atoms with E-state index in [0.29, 0.717) is 23.9 Å². The van der Waals surface area contributed by atoms with Gasteiger partial charge in [-0.15, -0.1) is 0 Å². The summed E-state index contributed by atoms with van der Waals surface area (Å²) in [7, 11) is 1.51. The second-order valence-corrected chi connectivity index (χ2v) is 28.3. The van der Waals surface area contributed by atoms with Gasteiger partial charge in [-0.25, -0.2) is 4.57 Å². The molecule has 0 saturated carbocycles. The molecule has 502 valence electrons. The zero-order chi connectivity index (χ0) is 62.1. The molecule has 0 aliphatic carbocycles. The molecule has 0 spiro atoms. The Balaban J connectivity index is 4.99. The maximum Gasteiger partial charge on any atom is 0.472 e. The van der Waals surface area contributed by atoms with Crippen LogP contribution in [0.15, 0.2) is 36.5 Å². The Hall–Kier alpha value is -1.77. The van der Waals surface area contributed by atoms with E-state index in [1.807, 2.05) is 27.2 Å². The van der Waals surface area contributed by atoms with Crippen molar-refractivity contribution in [1.29, 1.82) is 0 Å². The molecule has 0 bridgehead atoms. The van der Waals surface area contributed by atoms with Crippen LogP contribution in [-0.2, 0) is 27.9 Å². The van der Waals surface area contributed by atoms with Gasteiger partial charge in [-0.2, -0.15) is 0 Å². The minimum absolute atomic E-state index is 0.0427. The maximum atomic E-state index is 13.6. The number of likely N-dealkylation sites (N-methyl/N-ethyl adjacent to an activating group) is 1.